The van der Waals surface area contributed by atoms with E-state index in [4.69, 9.17) is 26.1 Å². The Bertz CT molecular complexity index is 1760. The van der Waals surface area contributed by atoms with Crippen LogP contribution in [0.15, 0.2) is 73.2 Å². The highest BCUT2D eigenvalue weighted by Gasteiger charge is 2.43. The van der Waals surface area contributed by atoms with E-state index in [0.29, 0.717) is 28.0 Å². The maximum absolute atomic E-state index is 14.8. The zero-order valence-electron chi connectivity index (χ0n) is 23.8. The Morgan fingerprint density at radius 1 is 1.02 bits per heavy atom. The van der Waals surface area contributed by atoms with Crippen LogP contribution >= 0.6 is 11.6 Å². The lowest BCUT2D eigenvalue weighted by Gasteiger charge is -2.32. The number of fused-ring (bicyclic) bond motifs is 2. The van der Waals surface area contributed by atoms with Gasteiger partial charge in [-0.2, -0.15) is 0 Å². The van der Waals surface area contributed by atoms with Crippen LogP contribution in [-0.4, -0.2) is 37.1 Å². The Balaban J connectivity index is 1.08. The van der Waals surface area contributed by atoms with Crippen molar-refractivity contribution in [2.24, 2.45) is 0 Å². The maximum Gasteiger partial charge on any atom is 0.278 e. The Hall–Kier alpha value is -3.88. The van der Waals surface area contributed by atoms with Gasteiger partial charge in [-0.15, -0.1) is 0 Å². The minimum Gasteiger partial charge on any atom is -0.444 e. The van der Waals surface area contributed by atoms with E-state index in [9.17, 15) is 4.39 Å². The largest absolute Gasteiger partial charge is 0.444 e. The number of benzene rings is 3. The van der Waals surface area contributed by atoms with E-state index in [1.165, 1.54) is 11.8 Å². The van der Waals surface area contributed by atoms with Crippen LogP contribution in [0.3, 0.4) is 0 Å². The van der Waals surface area contributed by atoms with E-state index in [1.807, 2.05) is 30.7 Å². The summed E-state index contributed by atoms with van der Waals surface area (Å²) in [4.78, 5) is 11.9. The summed E-state index contributed by atoms with van der Waals surface area (Å²) in [6, 6.07) is 18.9. The molecule has 0 N–H and O–H groups in total. The molecule has 0 saturated carbocycles. The van der Waals surface area contributed by atoms with Crippen molar-refractivity contribution in [3.63, 3.8) is 0 Å². The van der Waals surface area contributed by atoms with Crippen molar-refractivity contribution >= 4 is 22.6 Å². The zero-order chi connectivity index (χ0) is 28.8. The van der Waals surface area contributed by atoms with Crippen LogP contribution < -0.4 is 9.47 Å². The van der Waals surface area contributed by atoms with Crippen LogP contribution in [0.2, 0.25) is 5.02 Å². The lowest BCUT2D eigenvalue weighted by Crippen LogP contribution is -2.34. The SMILES string of the molecule is CCn1cncc1Cn1c(CN2CCC(c3cccc4c3O[C@@](C)(c3ccc(Cl)cc3F)O4)CC2)nc2ccccc21. The number of imidazole rings is 2. The summed E-state index contributed by atoms with van der Waals surface area (Å²) >= 11 is 5.99. The standard InChI is InChI=1S/C33H33ClFN5O2/c1-3-39-21-36-18-24(39)19-40-29-9-5-4-8-28(29)37-31(40)20-38-15-13-22(14-16-38)25-7-6-10-30-32(25)42-33(2,41-30)26-12-11-23(34)17-27(26)35/h4-12,17-18,21-22H,3,13-16,19-20H2,1-2H3/t33-/m0/s1. The van der Waals surface area contributed by atoms with Crippen LogP contribution in [0.4, 0.5) is 4.39 Å². The van der Waals surface area contributed by atoms with Crippen LogP contribution in [0.1, 0.15) is 55.3 Å². The van der Waals surface area contributed by atoms with Crippen molar-refractivity contribution in [1.29, 1.82) is 0 Å². The predicted octanol–water partition coefficient (Wildman–Crippen LogP) is 7.12. The molecule has 5 aromatic rings. The number of halogens is 2. The minimum atomic E-state index is -1.25. The molecule has 0 bridgehead atoms. The highest BCUT2D eigenvalue weighted by molar-refractivity contribution is 6.30. The molecule has 0 radical (unpaired) electrons. The average Bonchev–Trinajstić information content (AvgIpc) is 3.68. The molecule has 0 unspecified atom stereocenters. The molecule has 0 aliphatic carbocycles. The molecule has 0 spiro atoms. The molecular weight excluding hydrogens is 553 g/mol. The third-order valence-electron chi connectivity index (χ3n) is 8.62. The van der Waals surface area contributed by atoms with Gasteiger partial charge in [0.2, 0.25) is 0 Å². The molecule has 42 heavy (non-hydrogen) atoms. The van der Waals surface area contributed by atoms with Gasteiger partial charge in [0.25, 0.3) is 5.79 Å². The molecule has 216 valence electrons. The van der Waals surface area contributed by atoms with Gasteiger partial charge in [0, 0.05) is 30.3 Å². The molecule has 4 heterocycles. The van der Waals surface area contributed by atoms with Gasteiger partial charge in [-0.3, -0.25) is 4.90 Å². The third-order valence-corrected chi connectivity index (χ3v) is 8.85. The number of ether oxygens (including phenoxy) is 2. The first-order valence-corrected chi connectivity index (χ1v) is 14.9. The maximum atomic E-state index is 14.8. The number of aromatic nitrogens is 4. The molecule has 9 heteroatoms. The van der Waals surface area contributed by atoms with Crippen LogP contribution in [0, 0.1) is 5.82 Å². The van der Waals surface area contributed by atoms with Gasteiger partial charge in [-0.1, -0.05) is 35.9 Å². The number of rotatable bonds is 7. The van der Waals surface area contributed by atoms with Crippen molar-refractivity contribution in [2.45, 2.75) is 58.0 Å². The fraction of sp³-hybridized carbons (Fsp3) is 0.333. The number of likely N-dealkylation sites (tertiary alicyclic amines) is 1. The highest BCUT2D eigenvalue weighted by atomic mass is 35.5. The quantitative estimate of drug-likeness (QED) is 0.204. The summed E-state index contributed by atoms with van der Waals surface area (Å²) in [5, 5.41) is 0.339. The first kappa shape index (κ1) is 27.0. The molecule has 7 rings (SSSR count). The number of para-hydroxylation sites is 3. The normalized spacial score (nSPS) is 19.1. The smallest absolute Gasteiger partial charge is 0.278 e. The molecule has 7 nitrogen and oxygen atoms in total. The number of piperidine rings is 1. The molecule has 1 atom stereocenters. The molecule has 1 fully saturated rings. The van der Waals surface area contributed by atoms with E-state index in [0.717, 1.165) is 68.0 Å². The van der Waals surface area contributed by atoms with E-state index in [-0.39, 0.29) is 0 Å². The molecule has 2 aromatic heterocycles. The van der Waals surface area contributed by atoms with E-state index >= 15 is 0 Å². The van der Waals surface area contributed by atoms with E-state index < -0.39 is 11.6 Å². The van der Waals surface area contributed by atoms with E-state index in [1.54, 1.807) is 19.1 Å². The fourth-order valence-electron chi connectivity index (χ4n) is 6.39. The van der Waals surface area contributed by atoms with Gasteiger partial charge < -0.3 is 18.6 Å². The molecule has 2 aliphatic rings. The van der Waals surface area contributed by atoms with E-state index in [2.05, 4.69) is 50.2 Å². The monoisotopic (exact) mass is 585 g/mol. The summed E-state index contributed by atoms with van der Waals surface area (Å²) in [5.74, 6) is 1.04. The molecule has 0 amide bonds. The Kier molecular flexibility index (Phi) is 6.91. The third kappa shape index (κ3) is 4.82. The first-order chi connectivity index (χ1) is 20.4. The second-order valence-corrected chi connectivity index (χ2v) is 11.7. The number of nitrogens with zero attached hydrogens (tertiary/aromatic N) is 5. The number of aryl methyl sites for hydroxylation is 1. The van der Waals surface area contributed by atoms with Crippen molar-refractivity contribution in [3.8, 4) is 11.5 Å². The molecule has 1 saturated heterocycles. The lowest BCUT2D eigenvalue weighted by molar-refractivity contribution is -0.0712. The Morgan fingerprint density at radius 2 is 1.86 bits per heavy atom. The Morgan fingerprint density at radius 3 is 2.67 bits per heavy atom. The summed E-state index contributed by atoms with van der Waals surface area (Å²) in [7, 11) is 0. The highest BCUT2D eigenvalue weighted by Crippen LogP contribution is 2.49. The minimum absolute atomic E-state index is 0.315. The lowest BCUT2D eigenvalue weighted by atomic mass is 9.88. The molecule has 2 aliphatic heterocycles. The van der Waals surface area contributed by atoms with Gasteiger partial charge in [-0.25, -0.2) is 14.4 Å². The van der Waals surface area contributed by atoms with Gasteiger partial charge >= 0.3 is 0 Å². The van der Waals surface area contributed by atoms with Crippen molar-refractivity contribution in [1.82, 2.24) is 24.0 Å². The van der Waals surface area contributed by atoms with Gasteiger partial charge in [0.1, 0.15) is 11.6 Å². The molecule has 3 aromatic carbocycles. The Labute approximate surface area is 249 Å². The van der Waals surface area contributed by atoms with Crippen molar-refractivity contribution in [3.05, 3.63) is 107 Å². The van der Waals surface area contributed by atoms with Gasteiger partial charge in [-0.05, 0) is 75.2 Å². The zero-order valence-corrected chi connectivity index (χ0v) is 24.5. The summed E-state index contributed by atoms with van der Waals surface area (Å²) < 4.78 is 31.9. The molecular formula is C33H33ClFN5O2. The van der Waals surface area contributed by atoms with Crippen molar-refractivity contribution in [2.75, 3.05) is 13.1 Å². The topological polar surface area (TPSA) is 57.3 Å². The summed E-state index contributed by atoms with van der Waals surface area (Å²) in [6.45, 7) is 8.17. The summed E-state index contributed by atoms with van der Waals surface area (Å²) in [5.41, 5.74) is 4.77. The first-order valence-electron chi connectivity index (χ1n) is 14.5. The van der Waals surface area contributed by atoms with Crippen LogP contribution in [0.5, 0.6) is 11.5 Å². The van der Waals surface area contributed by atoms with Gasteiger partial charge in [0.15, 0.2) is 11.5 Å². The number of hydrogen-bond donors (Lipinski definition) is 0. The van der Waals surface area contributed by atoms with Crippen molar-refractivity contribution < 1.29 is 13.9 Å². The second-order valence-electron chi connectivity index (χ2n) is 11.3. The predicted molar refractivity (Wildman–Crippen MR) is 160 cm³/mol. The number of hydrogen-bond acceptors (Lipinski definition) is 5. The van der Waals surface area contributed by atoms with Crippen LogP contribution in [-0.2, 0) is 25.4 Å². The second kappa shape index (κ2) is 10.7. The fourth-order valence-corrected chi connectivity index (χ4v) is 6.55. The van der Waals surface area contributed by atoms with Crippen LogP contribution in [0.25, 0.3) is 11.0 Å². The summed E-state index contributed by atoms with van der Waals surface area (Å²) in [6.07, 6.45) is 5.80. The average molecular weight is 586 g/mol. The van der Waals surface area contributed by atoms with Gasteiger partial charge in [0.05, 0.1) is 41.7 Å².